The van der Waals surface area contributed by atoms with Crippen LogP contribution in [0, 0.1) is 0 Å². The Morgan fingerprint density at radius 1 is 1.29 bits per heavy atom. The minimum absolute atomic E-state index is 0.114. The highest BCUT2D eigenvalue weighted by molar-refractivity contribution is 9.10. The topological polar surface area (TPSA) is 34.2 Å². The van der Waals surface area contributed by atoms with Gasteiger partial charge in [-0.2, -0.15) is 0 Å². The van der Waals surface area contributed by atoms with Crippen molar-refractivity contribution in [1.29, 1.82) is 0 Å². The van der Waals surface area contributed by atoms with E-state index < -0.39 is 0 Å². The molecule has 0 atom stereocenters. The zero-order chi connectivity index (χ0) is 15.3. The summed E-state index contributed by atoms with van der Waals surface area (Å²) in [5.74, 6) is 0. The molecule has 0 bridgehead atoms. The summed E-state index contributed by atoms with van der Waals surface area (Å²) in [6.07, 6.45) is 0. The predicted molar refractivity (Wildman–Crippen MR) is 91.3 cm³/mol. The molecule has 0 aliphatic heterocycles. The fraction of sp³-hybridized carbons (Fsp3) is 0.438. The van der Waals surface area contributed by atoms with Gasteiger partial charge in [-0.05, 0) is 38.5 Å². The molecule has 2 rings (SSSR count). The molecule has 21 heavy (non-hydrogen) atoms. The number of rotatable bonds is 6. The summed E-state index contributed by atoms with van der Waals surface area (Å²) < 4.78 is 6.80. The van der Waals surface area contributed by atoms with Crippen LogP contribution in [0.3, 0.4) is 0 Å². The van der Waals surface area contributed by atoms with E-state index in [-0.39, 0.29) is 5.54 Å². The minimum Gasteiger partial charge on any atom is -0.370 e. The molecule has 0 fully saturated rings. The minimum atomic E-state index is 0.114. The summed E-state index contributed by atoms with van der Waals surface area (Å²) in [7, 11) is 0. The Labute approximate surface area is 138 Å². The average Bonchev–Trinajstić information content (AvgIpc) is 2.84. The van der Waals surface area contributed by atoms with Crippen molar-refractivity contribution in [2.75, 3.05) is 0 Å². The lowest BCUT2D eigenvalue weighted by Crippen LogP contribution is -2.35. The van der Waals surface area contributed by atoms with E-state index in [4.69, 9.17) is 4.74 Å². The Morgan fingerprint density at radius 3 is 2.81 bits per heavy atom. The molecular formula is C16H21BrN2OS. The lowest BCUT2D eigenvalue weighted by molar-refractivity contribution is 0.105. The normalized spacial score (nSPS) is 11.8. The Hall–Kier alpha value is -0.750. The molecule has 1 N–H and O–H groups in total. The van der Waals surface area contributed by atoms with E-state index in [2.05, 4.69) is 64.5 Å². The summed E-state index contributed by atoms with van der Waals surface area (Å²) in [4.78, 5) is 4.58. The molecule has 1 aromatic heterocycles. The van der Waals surface area contributed by atoms with Crippen molar-refractivity contribution in [3.05, 3.63) is 50.4 Å². The largest absolute Gasteiger partial charge is 0.370 e. The molecule has 0 saturated heterocycles. The van der Waals surface area contributed by atoms with Gasteiger partial charge in [0.15, 0.2) is 0 Å². The van der Waals surface area contributed by atoms with Gasteiger partial charge in [0.1, 0.15) is 5.01 Å². The van der Waals surface area contributed by atoms with Gasteiger partial charge in [-0.15, -0.1) is 11.3 Å². The fourth-order valence-electron chi connectivity index (χ4n) is 1.74. The van der Waals surface area contributed by atoms with Gasteiger partial charge in [-0.3, -0.25) is 0 Å². The quantitative estimate of drug-likeness (QED) is 0.814. The molecular weight excluding hydrogens is 348 g/mol. The van der Waals surface area contributed by atoms with E-state index in [1.807, 2.05) is 12.1 Å². The second kappa shape index (κ2) is 7.49. The van der Waals surface area contributed by atoms with E-state index in [0.29, 0.717) is 13.2 Å². The monoisotopic (exact) mass is 368 g/mol. The van der Waals surface area contributed by atoms with Gasteiger partial charge in [0.25, 0.3) is 0 Å². The summed E-state index contributed by atoms with van der Waals surface area (Å²) in [6.45, 7) is 8.43. The number of hydrogen-bond acceptors (Lipinski definition) is 4. The number of benzene rings is 1. The second-order valence-electron chi connectivity index (χ2n) is 5.96. The first-order valence-electron chi connectivity index (χ1n) is 6.93. The van der Waals surface area contributed by atoms with Crippen molar-refractivity contribution in [2.24, 2.45) is 0 Å². The van der Waals surface area contributed by atoms with Crippen LogP contribution >= 0.6 is 27.3 Å². The van der Waals surface area contributed by atoms with Gasteiger partial charge >= 0.3 is 0 Å². The highest BCUT2D eigenvalue weighted by atomic mass is 79.9. The summed E-state index contributed by atoms with van der Waals surface area (Å²) in [5, 5.41) is 6.61. The molecule has 0 saturated carbocycles. The zero-order valence-corrected chi connectivity index (χ0v) is 15.1. The summed E-state index contributed by atoms with van der Waals surface area (Å²) >= 11 is 5.14. The third-order valence-corrected chi connectivity index (χ3v) is 4.17. The first kappa shape index (κ1) is 16.6. The smallest absolute Gasteiger partial charge is 0.107 e. The third-order valence-electron chi connectivity index (χ3n) is 2.78. The molecule has 0 aliphatic carbocycles. The van der Waals surface area contributed by atoms with Crippen LogP contribution in [0.25, 0.3) is 0 Å². The predicted octanol–water partition coefficient (Wildman–Crippen LogP) is 4.51. The number of hydrogen-bond donors (Lipinski definition) is 1. The maximum Gasteiger partial charge on any atom is 0.107 e. The molecule has 1 aromatic carbocycles. The SMILES string of the molecule is CC(C)(C)NCc1nc(COCc2cccc(Br)c2)cs1. The number of nitrogens with one attached hydrogen (secondary N) is 1. The van der Waals surface area contributed by atoms with Crippen molar-refractivity contribution in [3.8, 4) is 0 Å². The van der Waals surface area contributed by atoms with Crippen LogP contribution < -0.4 is 5.32 Å². The van der Waals surface area contributed by atoms with Crippen LogP contribution in [0.15, 0.2) is 34.1 Å². The molecule has 0 aliphatic rings. The van der Waals surface area contributed by atoms with Crippen molar-refractivity contribution in [3.63, 3.8) is 0 Å². The number of aromatic nitrogens is 1. The zero-order valence-electron chi connectivity index (χ0n) is 12.6. The lowest BCUT2D eigenvalue weighted by Gasteiger charge is -2.19. The molecule has 0 radical (unpaired) electrons. The summed E-state index contributed by atoms with van der Waals surface area (Å²) in [6, 6.07) is 8.16. The van der Waals surface area contributed by atoms with Crippen LogP contribution in [0.4, 0.5) is 0 Å². The van der Waals surface area contributed by atoms with Gasteiger partial charge in [0, 0.05) is 21.9 Å². The molecule has 114 valence electrons. The number of nitrogens with zero attached hydrogens (tertiary/aromatic N) is 1. The van der Waals surface area contributed by atoms with E-state index in [9.17, 15) is 0 Å². The van der Waals surface area contributed by atoms with Crippen molar-refractivity contribution in [1.82, 2.24) is 10.3 Å². The van der Waals surface area contributed by atoms with E-state index >= 15 is 0 Å². The van der Waals surface area contributed by atoms with Gasteiger partial charge in [0.05, 0.1) is 18.9 Å². The maximum absolute atomic E-state index is 5.72. The Kier molecular flexibility index (Phi) is 5.93. The third kappa shape index (κ3) is 6.26. The second-order valence-corrected chi connectivity index (χ2v) is 7.82. The van der Waals surface area contributed by atoms with Crippen molar-refractivity contribution < 1.29 is 4.74 Å². The van der Waals surface area contributed by atoms with Crippen LogP contribution in [-0.4, -0.2) is 10.5 Å². The van der Waals surface area contributed by atoms with Gasteiger partial charge in [-0.25, -0.2) is 4.98 Å². The van der Waals surface area contributed by atoms with Crippen LogP contribution in [0.5, 0.6) is 0 Å². The van der Waals surface area contributed by atoms with Gasteiger partial charge in [0.2, 0.25) is 0 Å². The average molecular weight is 369 g/mol. The Morgan fingerprint density at radius 2 is 2.10 bits per heavy atom. The standard InChI is InChI=1S/C16H21BrN2OS/c1-16(2,3)18-8-15-19-14(11-21-15)10-20-9-12-5-4-6-13(17)7-12/h4-7,11,18H,8-10H2,1-3H3. The number of halogens is 1. The lowest BCUT2D eigenvalue weighted by atomic mass is 10.1. The Bertz CT molecular complexity index is 578. The molecule has 0 unspecified atom stereocenters. The summed E-state index contributed by atoms with van der Waals surface area (Å²) in [5.41, 5.74) is 2.28. The molecule has 5 heteroatoms. The van der Waals surface area contributed by atoms with Crippen LogP contribution in [0.2, 0.25) is 0 Å². The first-order chi connectivity index (χ1) is 9.92. The van der Waals surface area contributed by atoms with E-state index in [1.165, 1.54) is 0 Å². The fourth-order valence-corrected chi connectivity index (χ4v) is 2.90. The van der Waals surface area contributed by atoms with Crippen LogP contribution in [0.1, 0.15) is 37.0 Å². The first-order valence-corrected chi connectivity index (χ1v) is 8.60. The highest BCUT2D eigenvalue weighted by Gasteiger charge is 2.10. The molecule has 3 nitrogen and oxygen atoms in total. The maximum atomic E-state index is 5.72. The number of thiazole rings is 1. The van der Waals surface area contributed by atoms with Gasteiger partial charge in [-0.1, -0.05) is 28.1 Å². The van der Waals surface area contributed by atoms with Crippen molar-refractivity contribution in [2.45, 2.75) is 46.1 Å². The molecule has 2 aromatic rings. The highest BCUT2D eigenvalue weighted by Crippen LogP contribution is 2.15. The Balaban J connectivity index is 1.78. The van der Waals surface area contributed by atoms with E-state index in [1.54, 1.807) is 11.3 Å². The number of ether oxygens (including phenoxy) is 1. The van der Waals surface area contributed by atoms with Gasteiger partial charge < -0.3 is 10.1 Å². The van der Waals surface area contributed by atoms with E-state index in [0.717, 1.165) is 27.3 Å². The molecule has 0 spiro atoms. The molecule has 1 heterocycles. The van der Waals surface area contributed by atoms with Crippen LogP contribution in [-0.2, 0) is 24.5 Å². The van der Waals surface area contributed by atoms with Crippen molar-refractivity contribution >= 4 is 27.3 Å². The molecule has 0 amide bonds.